The summed E-state index contributed by atoms with van der Waals surface area (Å²) >= 11 is 0. The van der Waals surface area contributed by atoms with Crippen molar-refractivity contribution >= 4 is 10.1 Å². The summed E-state index contributed by atoms with van der Waals surface area (Å²) in [5.41, 5.74) is 0. The molecule has 1 aromatic carbocycles. The van der Waals surface area contributed by atoms with Gasteiger partial charge in [-0.05, 0) is 30.7 Å². The third kappa shape index (κ3) is 8.04. The molecule has 0 aliphatic heterocycles. The van der Waals surface area contributed by atoms with E-state index in [1.54, 1.807) is 24.3 Å². The van der Waals surface area contributed by atoms with Crippen LogP contribution in [0.25, 0.3) is 0 Å². The van der Waals surface area contributed by atoms with Crippen LogP contribution in [-0.4, -0.2) is 21.3 Å². The second-order valence-electron chi connectivity index (χ2n) is 4.88. The van der Waals surface area contributed by atoms with Crippen molar-refractivity contribution in [2.75, 3.05) is 12.9 Å². The summed E-state index contributed by atoms with van der Waals surface area (Å²) < 4.78 is 32.2. The molecule has 0 saturated carbocycles. The van der Waals surface area contributed by atoms with Gasteiger partial charge in [0.15, 0.2) is 0 Å². The Hall–Kier alpha value is -1.23. The SMILES string of the molecule is CCCCCCCCOc1ccc(OS(C)(=O)=O)cc1. The molecule has 1 rings (SSSR count). The van der Waals surface area contributed by atoms with E-state index in [1.165, 1.54) is 32.1 Å². The highest BCUT2D eigenvalue weighted by Gasteiger charge is 2.04. The van der Waals surface area contributed by atoms with Gasteiger partial charge in [0, 0.05) is 0 Å². The van der Waals surface area contributed by atoms with Gasteiger partial charge in [0.25, 0.3) is 0 Å². The molecule has 1 aromatic rings. The zero-order chi connectivity index (χ0) is 14.8. The minimum Gasteiger partial charge on any atom is -0.494 e. The molecule has 0 saturated heterocycles. The zero-order valence-corrected chi connectivity index (χ0v) is 13.1. The Morgan fingerprint density at radius 3 is 2.05 bits per heavy atom. The lowest BCUT2D eigenvalue weighted by Crippen LogP contribution is -2.05. The molecule has 0 fully saturated rings. The molecule has 0 atom stereocenters. The van der Waals surface area contributed by atoms with Crippen molar-refractivity contribution in [2.45, 2.75) is 45.4 Å². The Kier molecular flexibility index (Phi) is 7.44. The Labute approximate surface area is 122 Å². The first-order valence-electron chi connectivity index (χ1n) is 7.13. The Bertz CT molecular complexity index is 465. The molecule has 114 valence electrons. The summed E-state index contributed by atoms with van der Waals surface area (Å²) in [7, 11) is -3.46. The summed E-state index contributed by atoms with van der Waals surface area (Å²) in [6.07, 6.45) is 8.39. The van der Waals surface area contributed by atoms with Crippen LogP contribution in [0.4, 0.5) is 0 Å². The summed E-state index contributed by atoms with van der Waals surface area (Å²) in [5.74, 6) is 1.04. The maximum atomic E-state index is 11.0. The van der Waals surface area contributed by atoms with Crippen LogP contribution in [0.5, 0.6) is 11.5 Å². The fraction of sp³-hybridized carbons (Fsp3) is 0.600. The Balaban J connectivity index is 2.21. The highest BCUT2D eigenvalue weighted by molar-refractivity contribution is 7.86. The van der Waals surface area contributed by atoms with Crippen molar-refractivity contribution in [3.05, 3.63) is 24.3 Å². The van der Waals surface area contributed by atoms with E-state index in [0.29, 0.717) is 12.4 Å². The van der Waals surface area contributed by atoms with Crippen molar-refractivity contribution in [1.82, 2.24) is 0 Å². The van der Waals surface area contributed by atoms with Gasteiger partial charge in [-0.25, -0.2) is 0 Å². The zero-order valence-electron chi connectivity index (χ0n) is 12.3. The number of benzene rings is 1. The average Bonchev–Trinajstić information content (AvgIpc) is 2.38. The van der Waals surface area contributed by atoms with Crippen molar-refractivity contribution in [1.29, 1.82) is 0 Å². The van der Waals surface area contributed by atoms with Crippen LogP contribution in [0.1, 0.15) is 45.4 Å². The van der Waals surface area contributed by atoms with Crippen LogP contribution < -0.4 is 8.92 Å². The van der Waals surface area contributed by atoms with Crippen molar-refractivity contribution in [3.63, 3.8) is 0 Å². The van der Waals surface area contributed by atoms with Gasteiger partial charge in [-0.15, -0.1) is 0 Å². The molecule has 0 spiro atoms. The first kappa shape index (κ1) is 16.8. The number of hydrogen-bond acceptors (Lipinski definition) is 4. The van der Waals surface area contributed by atoms with E-state index in [4.69, 9.17) is 8.92 Å². The van der Waals surface area contributed by atoms with E-state index >= 15 is 0 Å². The molecule has 0 N–H and O–H groups in total. The van der Waals surface area contributed by atoms with E-state index in [0.717, 1.165) is 18.4 Å². The van der Waals surface area contributed by atoms with Gasteiger partial charge in [0.05, 0.1) is 12.9 Å². The highest BCUT2D eigenvalue weighted by Crippen LogP contribution is 2.19. The first-order chi connectivity index (χ1) is 9.51. The number of rotatable bonds is 10. The molecule has 5 heteroatoms. The van der Waals surface area contributed by atoms with Gasteiger partial charge >= 0.3 is 10.1 Å². The molecule has 0 aromatic heterocycles. The van der Waals surface area contributed by atoms with Crippen LogP contribution >= 0.6 is 0 Å². The van der Waals surface area contributed by atoms with Gasteiger partial charge in [-0.1, -0.05) is 39.0 Å². The fourth-order valence-electron chi connectivity index (χ4n) is 1.84. The van der Waals surface area contributed by atoms with Gasteiger partial charge in [0.2, 0.25) is 0 Å². The summed E-state index contributed by atoms with van der Waals surface area (Å²) in [5, 5.41) is 0. The smallest absolute Gasteiger partial charge is 0.306 e. The van der Waals surface area contributed by atoms with Crippen LogP contribution in [0.15, 0.2) is 24.3 Å². The standard InChI is InChI=1S/C15H24O4S/c1-3-4-5-6-7-8-13-18-14-9-11-15(12-10-14)19-20(2,16)17/h9-12H,3-8,13H2,1-2H3. The molecular weight excluding hydrogens is 276 g/mol. The van der Waals surface area contributed by atoms with Gasteiger partial charge in [-0.3, -0.25) is 0 Å². The van der Waals surface area contributed by atoms with E-state index in [-0.39, 0.29) is 0 Å². The lowest BCUT2D eigenvalue weighted by molar-refractivity contribution is 0.304. The normalized spacial score (nSPS) is 11.3. The van der Waals surface area contributed by atoms with Crippen LogP contribution in [0, 0.1) is 0 Å². The van der Waals surface area contributed by atoms with Crippen molar-refractivity contribution in [2.24, 2.45) is 0 Å². The minimum atomic E-state index is -3.46. The van der Waals surface area contributed by atoms with Crippen LogP contribution in [0.2, 0.25) is 0 Å². The number of unbranched alkanes of at least 4 members (excludes halogenated alkanes) is 5. The molecule has 0 amide bonds. The molecule has 4 nitrogen and oxygen atoms in total. The first-order valence-corrected chi connectivity index (χ1v) is 8.95. The summed E-state index contributed by atoms with van der Waals surface area (Å²) in [6, 6.07) is 6.63. The third-order valence-electron chi connectivity index (χ3n) is 2.84. The van der Waals surface area contributed by atoms with Crippen LogP contribution in [0.3, 0.4) is 0 Å². The average molecular weight is 300 g/mol. The molecule has 0 bridgehead atoms. The molecule has 0 unspecified atom stereocenters. The largest absolute Gasteiger partial charge is 0.494 e. The molecule has 0 aliphatic carbocycles. The van der Waals surface area contributed by atoms with E-state index in [2.05, 4.69) is 6.92 Å². The number of ether oxygens (including phenoxy) is 1. The summed E-state index contributed by atoms with van der Waals surface area (Å²) in [4.78, 5) is 0. The monoisotopic (exact) mass is 300 g/mol. The van der Waals surface area contributed by atoms with Gasteiger partial charge < -0.3 is 8.92 Å². The maximum absolute atomic E-state index is 11.0. The van der Waals surface area contributed by atoms with E-state index in [9.17, 15) is 8.42 Å². The topological polar surface area (TPSA) is 52.6 Å². The lowest BCUT2D eigenvalue weighted by Gasteiger charge is -2.07. The van der Waals surface area contributed by atoms with Gasteiger partial charge in [-0.2, -0.15) is 8.42 Å². The molecule has 20 heavy (non-hydrogen) atoms. The maximum Gasteiger partial charge on any atom is 0.306 e. The Morgan fingerprint density at radius 2 is 1.45 bits per heavy atom. The predicted octanol–water partition coefficient (Wildman–Crippen LogP) is 3.76. The minimum absolute atomic E-state index is 0.305. The van der Waals surface area contributed by atoms with Crippen molar-refractivity contribution < 1.29 is 17.3 Å². The molecule has 0 aliphatic rings. The van der Waals surface area contributed by atoms with Gasteiger partial charge in [0.1, 0.15) is 11.5 Å². The second-order valence-corrected chi connectivity index (χ2v) is 6.45. The Morgan fingerprint density at radius 1 is 0.900 bits per heavy atom. The van der Waals surface area contributed by atoms with Crippen molar-refractivity contribution in [3.8, 4) is 11.5 Å². The second kappa shape index (κ2) is 8.84. The van der Waals surface area contributed by atoms with Crippen LogP contribution in [-0.2, 0) is 10.1 Å². The summed E-state index contributed by atoms with van der Waals surface area (Å²) in [6.45, 7) is 2.90. The van der Waals surface area contributed by atoms with E-state index < -0.39 is 10.1 Å². The molecular formula is C15H24O4S. The molecule has 0 radical (unpaired) electrons. The predicted molar refractivity (Wildman–Crippen MR) is 80.8 cm³/mol. The fourth-order valence-corrected chi connectivity index (χ4v) is 2.30. The highest BCUT2D eigenvalue weighted by atomic mass is 32.2. The third-order valence-corrected chi connectivity index (χ3v) is 3.33. The lowest BCUT2D eigenvalue weighted by atomic mass is 10.1. The molecule has 0 heterocycles. The van der Waals surface area contributed by atoms with E-state index in [1.807, 2.05) is 0 Å². The quantitative estimate of drug-likeness (QED) is 0.487. The number of hydrogen-bond donors (Lipinski definition) is 0.